The van der Waals surface area contributed by atoms with Gasteiger partial charge < -0.3 is 4.74 Å². The molecule has 0 bridgehead atoms. The van der Waals surface area contributed by atoms with Crippen LogP contribution in [-0.2, 0) is 6.61 Å². The minimum absolute atomic E-state index is 0.331. The third-order valence-electron chi connectivity index (χ3n) is 2.66. The van der Waals surface area contributed by atoms with Gasteiger partial charge in [-0.3, -0.25) is 10.2 Å². The van der Waals surface area contributed by atoms with Crippen molar-refractivity contribution in [1.29, 1.82) is 0 Å². The molecule has 1 amide bonds. The number of hydrogen-bond donors (Lipinski definition) is 2. The molecule has 0 aliphatic rings. The van der Waals surface area contributed by atoms with Gasteiger partial charge in [0.05, 0.1) is 9.50 Å². The van der Waals surface area contributed by atoms with E-state index in [0.717, 1.165) is 10.0 Å². The van der Waals surface area contributed by atoms with Crippen molar-refractivity contribution in [3.8, 4) is 5.75 Å². The van der Waals surface area contributed by atoms with Crippen molar-refractivity contribution in [3.63, 3.8) is 0 Å². The zero-order valence-corrected chi connectivity index (χ0v) is 14.6. The first-order valence-electron chi connectivity index (χ1n) is 5.88. The van der Waals surface area contributed by atoms with E-state index < -0.39 is 5.91 Å². The molecule has 0 radical (unpaired) electrons. The van der Waals surface area contributed by atoms with E-state index in [1.165, 1.54) is 6.07 Å². The van der Waals surface area contributed by atoms with Crippen molar-refractivity contribution in [2.45, 2.75) is 6.61 Å². The fourth-order valence-electron chi connectivity index (χ4n) is 1.69. The molecular weight excluding hydrogens is 423 g/mol. The number of nitrogens with one attached hydrogen (secondary N) is 1. The van der Waals surface area contributed by atoms with Crippen molar-refractivity contribution in [1.82, 2.24) is 5.43 Å². The molecule has 0 saturated heterocycles. The lowest BCUT2D eigenvalue weighted by Gasteiger charge is -2.12. The second kappa shape index (κ2) is 7.26. The lowest BCUT2D eigenvalue weighted by atomic mass is 10.2. The zero-order valence-electron chi connectivity index (χ0n) is 10.7. The van der Waals surface area contributed by atoms with Gasteiger partial charge in [-0.25, -0.2) is 5.84 Å². The van der Waals surface area contributed by atoms with Crippen molar-refractivity contribution >= 4 is 49.4 Å². The molecule has 0 saturated carbocycles. The van der Waals surface area contributed by atoms with E-state index in [4.69, 9.17) is 22.2 Å². The summed E-state index contributed by atoms with van der Waals surface area (Å²) in [5, 5.41) is 0.331. The van der Waals surface area contributed by atoms with Crippen LogP contribution in [0.4, 0.5) is 0 Å². The number of nitrogen functional groups attached to an aromatic ring is 1. The molecule has 7 heteroatoms. The molecule has 0 aliphatic heterocycles. The quantitative estimate of drug-likeness (QED) is 0.434. The molecule has 21 heavy (non-hydrogen) atoms. The predicted octanol–water partition coefficient (Wildman–Crippen LogP) is 4.05. The van der Waals surface area contributed by atoms with E-state index in [1.54, 1.807) is 6.07 Å². The monoisotopic (exact) mass is 432 g/mol. The molecule has 0 atom stereocenters. The van der Waals surface area contributed by atoms with Crippen LogP contribution in [0, 0.1) is 0 Å². The second-order valence-electron chi connectivity index (χ2n) is 4.16. The maximum atomic E-state index is 11.5. The van der Waals surface area contributed by atoms with Gasteiger partial charge in [0, 0.05) is 10.0 Å². The van der Waals surface area contributed by atoms with Gasteiger partial charge in [-0.1, -0.05) is 39.7 Å². The number of carbonyl (C=O) groups is 1. The van der Waals surface area contributed by atoms with E-state index in [2.05, 4.69) is 37.3 Å². The van der Waals surface area contributed by atoms with E-state index in [9.17, 15) is 4.79 Å². The molecule has 3 N–H and O–H groups in total. The highest BCUT2D eigenvalue weighted by Gasteiger charge is 2.13. The van der Waals surface area contributed by atoms with E-state index >= 15 is 0 Å². The van der Waals surface area contributed by atoms with Crippen molar-refractivity contribution in [2.75, 3.05) is 0 Å². The average Bonchev–Trinajstić information content (AvgIpc) is 2.45. The first kappa shape index (κ1) is 16.3. The molecule has 2 aromatic carbocycles. The van der Waals surface area contributed by atoms with Gasteiger partial charge in [0.15, 0.2) is 5.75 Å². The molecule has 0 unspecified atom stereocenters. The first-order chi connectivity index (χ1) is 10.0. The number of hydrogen-bond acceptors (Lipinski definition) is 3. The Kier molecular flexibility index (Phi) is 5.64. The van der Waals surface area contributed by atoms with Crippen LogP contribution < -0.4 is 16.0 Å². The summed E-state index contributed by atoms with van der Waals surface area (Å²) in [6, 6.07) is 10.9. The zero-order chi connectivity index (χ0) is 15.4. The van der Waals surface area contributed by atoms with Crippen LogP contribution in [-0.4, -0.2) is 5.91 Å². The standard InChI is InChI=1S/C14H11Br2ClN2O2/c15-10-3-1-2-8(4-10)7-21-13-11(16)5-9(6-12(13)17)14(20)19-18/h1-6H,7,18H2,(H,19,20). The molecular formula is C14H11Br2ClN2O2. The van der Waals surface area contributed by atoms with Crippen LogP contribution in [0.2, 0.25) is 5.02 Å². The molecule has 0 spiro atoms. The molecule has 0 aromatic heterocycles. The first-order valence-corrected chi connectivity index (χ1v) is 7.85. The van der Waals surface area contributed by atoms with Gasteiger partial charge in [0.2, 0.25) is 0 Å². The maximum Gasteiger partial charge on any atom is 0.265 e. The van der Waals surface area contributed by atoms with Gasteiger partial charge in [0.25, 0.3) is 5.91 Å². The number of halogens is 3. The Morgan fingerprint density at radius 1 is 1.29 bits per heavy atom. The van der Waals surface area contributed by atoms with Crippen LogP contribution >= 0.6 is 43.5 Å². The SMILES string of the molecule is NNC(=O)c1cc(Cl)c(OCc2cccc(Br)c2)c(Br)c1. The van der Waals surface area contributed by atoms with Crippen LogP contribution in [0.25, 0.3) is 0 Å². The van der Waals surface area contributed by atoms with Crippen LogP contribution in [0.5, 0.6) is 5.75 Å². The summed E-state index contributed by atoms with van der Waals surface area (Å²) < 4.78 is 7.28. The summed E-state index contributed by atoms with van der Waals surface area (Å²) in [4.78, 5) is 11.5. The minimum Gasteiger partial charge on any atom is -0.486 e. The topological polar surface area (TPSA) is 64.3 Å². The van der Waals surface area contributed by atoms with E-state index in [0.29, 0.717) is 27.4 Å². The van der Waals surface area contributed by atoms with E-state index in [-0.39, 0.29) is 0 Å². The Morgan fingerprint density at radius 3 is 2.67 bits per heavy atom. The molecule has 0 aliphatic carbocycles. The highest BCUT2D eigenvalue weighted by molar-refractivity contribution is 9.10. The van der Waals surface area contributed by atoms with Gasteiger partial charge in [-0.2, -0.15) is 0 Å². The Balaban J connectivity index is 2.19. The molecule has 0 fully saturated rings. The highest BCUT2D eigenvalue weighted by Crippen LogP contribution is 2.35. The Hall–Kier alpha value is -1.08. The maximum absolute atomic E-state index is 11.5. The highest BCUT2D eigenvalue weighted by atomic mass is 79.9. The summed E-state index contributed by atoms with van der Waals surface area (Å²) >= 11 is 12.9. The Labute approximate surface area is 143 Å². The van der Waals surface area contributed by atoms with Crippen molar-refractivity contribution in [2.24, 2.45) is 5.84 Å². The summed E-state index contributed by atoms with van der Waals surface area (Å²) in [5.74, 6) is 5.15. The predicted molar refractivity (Wildman–Crippen MR) is 89.3 cm³/mol. The van der Waals surface area contributed by atoms with Gasteiger partial charge >= 0.3 is 0 Å². The van der Waals surface area contributed by atoms with Crippen molar-refractivity contribution < 1.29 is 9.53 Å². The molecule has 2 aromatic rings. The number of hydrazine groups is 1. The lowest BCUT2D eigenvalue weighted by Crippen LogP contribution is -2.29. The van der Waals surface area contributed by atoms with E-state index in [1.807, 2.05) is 24.3 Å². The molecule has 110 valence electrons. The van der Waals surface area contributed by atoms with Crippen LogP contribution in [0.3, 0.4) is 0 Å². The third kappa shape index (κ3) is 4.20. The summed E-state index contributed by atoms with van der Waals surface area (Å²) in [7, 11) is 0. The number of nitrogens with two attached hydrogens (primary N) is 1. The Bertz CT molecular complexity index is 657. The molecule has 0 heterocycles. The van der Waals surface area contributed by atoms with Crippen LogP contribution in [0.1, 0.15) is 15.9 Å². The fraction of sp³-hybridized carbons (Fsp3) is 0.0714. The minimum atomic E-state index is -0.420. The van der Waals surface area contributed by atoms with Crippen LogP contribution in [0.15, 0.2) is 45.3 Å². The number of ether oxygens (including phenoxy) is 1. The smallest absolute Gasteiger partial charge is 0.265 e. The van der Waals surface area contributed by atoms with Gasteiger partial charge in [0.1, 0.15) is 6.61 Å². The molecule has 4 nitrogen and oxygen atoms in total. The van der Waals surface area contributed by atoms with Gasteiger partial charge in [-0.15, -0.1) is 0 Å². The normalized spacial score (nSPS) is 10.3. The number of carbonyl (C=O) groups excluding carboxylic acids is 1. The summed E-state index contributed by atoms with van der Waals surface area (Å²) in [6.45, 7) is 0.361. The number of rotatable bonds is 4. The lowest BCUT2D eigenvalue weighted by molar-refractivity contribution is 0.0953. The summed E-state index contributed by atoms with van der Waals surface area (Å²) in [6.07, 6.45) is 0. The fourth-order valence-corrected chi connectivity index (χ4v) is 3.10. The Morgan fingerprint density at radius 2 is 2.05 bits per heavy atom. The van der Waals surface area contributed by atoms with Crippen molar-refractivity contribution in [3.05, 3.63) is 61.5 Å². The number of benzene rings is 2. The summed E-state index contributed by atoms with van der Waals surface area (Å²) in [5.41, 5.74) is 3.40. The third-order valence-corrected chi connectivity index (χ3v) is 4.03. The number of amides is 1. The second-order valence-corrected chi connectivity index (χ2v) is 6.34. The van der Waals surface area contributed by atoms with Gasteiger partial charge in [-0.05, 0) is 45.8 Å². The molecule has 2 rings (SSSR count). The average molecular weight is 435 g/mol. The largest absolute Gasteiger partial charge is 0.486 e.